The molecule has 168 valence electrons. The maximum absolute atomic E-state index is 10.6. The van der Waals surface area contributed by atoms with Crippen molar-refractivity contribution >= 4 is 5.71 Å². The Morgan fingerprint density at radius 1 is 1.13 bits per heavy atom. The number of aliphatic hydroxyl groups excluding tert-OH is 1. The summed E-state index contributed by atoms with van der Waals surface area (Å²) in [4.78, 5) is 7.94. The molecule has 0 unspecified atom stereocenters. The molecule has 1 heterocycles. The summed E-state index contributed by atoms with van der Waals surface area (Å²) >= 11 is 0. The lowest BCUT2D eigenvalue weighted by molar-refractivity contribution is -0.00735. The van der Waals surface area contributed by atoms with Gasteiger partial charge in [0.2, 0.25) is 0 Å². The standard InChI is InChI=1S/C25H34N2O4/c1-19(2)17-30-18-22(28)15-27(14-20-8-7-11-23(12-20)29-3)16-24-13-25(26-31-24)21-9-5-4-6-10-21/h4-12,19,22,24,28H,13-18H2,1-3H3/t22-,24+/m1/s1. The molecule has 2 aromatic carbocycles. The predicted molar refractivity (Wildman–Crippen MR) is 122 cm³/mol. The fraction of sp³-hybridized carbons (Fsp3) is 0.480. The smallest absolute Gasteiger partial charge is 0.145 e. The van der Waals surface area contributed by atoms with Crippen molar-refractivity contribution in [2.45, 2.75) is 39.0 Å². The van der Waals surface area contributed by atoms with Crippen LogP contribution < -0.4 is 4.74 Å². The Balaban J connectivity index is 1.61. The molecule has 1 N–H and O–H groups in total. The van der Waals surface area contributed by atoms with Gasteiger partial charge in [0.1, 0.15) is 11.9 Å². The lowest BCUT2D eigenvalue weighted by Crippen LogP contribution is -2.39. The number of aliphatic hydroxyl groups is 1. The van der Waals surface area contributed by atoms with Crippen molar-refractivity contribution in [2.24, 2.45) is 11.1 Å². The molecule has 0 amide bonds. The molecule has 0 saturated heterocycles. The SMILES string of the molecule is COc1cccc(CN(C[C@@H](O)COCC(C)C)C[C@@H]2CC(c3ccccc3)=NO2)c1. The Hall–Kier alpha value is -2.41. The van der Waals surface area contributed by atoms with Crippen LogP contribution in [0, 0.1) is 5.92 Å². The van der Waals surface area contributed by atoms with Crippen molar-refractivity contribution in [2.75, 3.05) is 33.4 Å². The van der Waals surface area contributed by atoms with Gasteiger partial charge in [-0.3, -0.25) is 4.90 Å². The summed E-state index contributed by atoms with van der Waals surface area (Å²) in [7, 11) is 1.67. The molecule has 1 aliphatic heterocycles. The molecular weight excluding hydrogens is 392 g/mol. The third kappa shape index (κ3) is 7.65. The normalized spacial score (nSPS) is 17.0. The zero-order chi connectivity index (χ0) is 22.1. The van der Waals surface area contributed by atoms with E-state index < -0.39 is 6.10 Å². The number of methoxy groups -OCH3 is 1. The Labute approximate surface area is 185 Å². The zero-order valence-electron chi connectivity index (χ0n) is 18.7. The van der Waals surface area contributed by atoms with Gasteiger partial charge in [0.05, 0.1) is 25.5 Å². The lowest BCUT2D eigenvalue weighted by Gasteiger charge is -2.27. The van der Waals surface area contributed by atoms with Gasteiger partial charge in [-0.15, -0.1) is 0 Å². The third-order valence-corrected chi connectivity index (χ3v) is 5.07. The van der Waals surface area contributed by atoms with E-state index in [-0.39, 0.29) is 6.10 Å². The third-order valence-electron chi connectivity index (χ3n) is 5.07. The molecule has 0 radical (unpaired) electrons. The summed E-state index contributed by atoms with van der Waals surface area (Å²) in [5.41, 5.74) is 3.18. The molecule has 1 aliphatic rings. The first kappa shape index (κ1) is 23.3. The number of benzene rings is 2. The van der Waals surface area contributed by atoms with Crippen LogP contribution in [0.1, 0.15) is 31.4 Å². The monoisotopic (exact) mass is 426 g/mol. The van der Waals surface area contributed by atoms with Crippen molar-refractivity contribution in [1.29, 1.82) is 0 Å². The second-order valence-electron chi connectivity index (χ2n) is 8.47. The summed E-state index contributed by atoms with van der Waals surface area (Å²) in [6.45, 7) is 7.01. The topological polar surface area (TPSA) is 63.5 Å². The molecule has 6 nitrogen and oxygen atoms in total. The van der Waals surface area contributed by atoms with Crippen LogP contribution in [0.3, 0.4) is 0 Å². The van der Waals surface area contributed by atoms with Crippen LogP contribution >= 0.6 is 0 Å². The highest BCUT2D eigenvalue weighted by molar-refractivity contribution is 6.01. The van der Waals surface area contributed by atoms with Crippen LogP contribution in [-0.2, 0) is 16.1 Å². The van der Waals surface area contributed by atoms with E-state index in [1.54, 1.807) is 7.11 Å². The maximum Gasteiger partial charge on any atom is 0.145 e. The second-order valence-corrected chi connectivity index (χ2v) is 8.47. The number of rotatable bonds is 12. The number of ether oxygens (including phenoxy) is 2. The van der Waals surface area contributed by atoms with E-state index in [9.17, 15) is 5.11 Å². The summed E-state index contributed by atoms with van der Waals surface area (Å²) in [5, 5.41) is 14.9. The van der Waals surface area contributed by atoms with Gasteiger partial charge in [-0.2, -0.15) is 0 Å². The average Bonchev–Trinajstić information content (AvgIpc) is 3.22. The van der Waals surface area contributed by atoms with Gasteiger partial charge in [0, 0.05) is 32.7 Å². The molecule has 31 heavy (non-hydrogen) atoms. The van der Waals surface area contributed by atoms with Gasteiger partial charge in [0.15, 0.2) is 0 Å². The van der Waals surface area contributed by atoms with Crippen molar-refractivity contribution in [3.8, 4) is 5.75 Å². The quantitative estimate of drug-likeness (QED) is 0.560. The van der Waals surface area contributed by atoms with Gasteiger partial charge in [0.25, 0.3) is 0 Å². The van der Waals surface area contributed by atoms with E-state index in [2.05, 4.69) is 42.1 Å². The first-order valence-corrected chi connectivity index (χ1v) is 10.9. The van der Waals surface area contributed by atoms with E-state index in [4.69, 9.17) is 14.3 Å². The largest absolute Gasteiger partial charge is 0.497 e. The van der Waals surface area contributed by atoms with Crippen LogP contribution in [0.25, 0.3) is 0 Å². The zero-order valence-corrected chi connectivity index (χ0v) is 18.7. The Morgan fingerprint density at radius 2 is 1.94 bits per heavy atom. The molecule has 0 spiro atoms. The molecule has 0 bridgehead atoms. The van der Waals surface area contributed by atoms with Crippen LogP contribution in [0.5, 0.6) is 5.75 Å². The second kappa shape index (κ2) is 11.8. The molecule has 0 fully saturated rings. The fourth-order valence-electron chi connectivity index (χ4n) is 3.64. The molecular formula is C25H34N2O4. The molecule has 6 heteroatoms. The number of hydrogen-bond acceptors (Lipinski definition) is 6. The number of oxime groups is 1. The van der Waals surface area contributed by atoms with Crippen molar-refractivity contribution in [1.82, 2.24) is 4.90 Å². The molecule has 3 rings (SSSR count). The van der Waals surface area contributed by atoms with Crippen molar-refractivity contribution < 1.29 is 19.4 Å². The number of nitrogens with zero attached hydrogens (tertiary/aromatic N) is 2. The molecule has 2 atom stereocenters. The Bertz CT molecular complexity index is 825. The van der Waals surface area contributed by atoms with E-state index >= 15 is 0 Å². The maximum atomic E-state index is 10.6. The van der Waals surface area contributed by atoms with Gasteiger partial charge >= 0.3 is 0 Å². The van der Waals surface area contributed by atoms with Gasteiger partial charge < -0.3 is 19.4 Å². The van der Waals surface area contributed by atoms with Crippen molar-refractivity contribution in [3.63, 3.8) is 0 Å². The van der Waals surface area contributed by atoms with E-state index in [1.807, 2.05) is 36.4 Å². The molecule has 0 aromatic heterocycles. The van der Waals surface area contributed by atoms with Crippen LogP contribution in [0.4, 0.5) is 0 Å². The highest BCUT2D eigenvalue weighted by Gasteiger charge is 2.25. The van der Waals surface area contributed by atoms with E-state index in [0.29, 0.717) is 38.8 Å². The Kier molecular flexibility index (Phi) is 8.88. The minimum Gasteiger partial charge on any atom is -0.497 e. The Morgan fingerprint density at radius 3 is 2.68 bits per heavy atom. The summed E-state index contributed by atoms with van der Waals surface area (Å²) in [5.74, 6) is 1.27. The minimum absolute atomic E-state index is 0.0513. The summed E-state index contributed by atoms with van der Waals surface area (Å²) < 4.78 is 11.0. The minimum atomic E-state index is -0.569. The number of hydrogen-bond donors (Lipinski definition) is 1. The van der Waals surface area contributed by atoms with Crippen LogP contribution in [0.2, 0.25) is 0 Å². The fourth-order valence-corrected chi connectivity index (χ4v) is 3.64. The van der Waals surface area contributed by atoms with Gasteiger partial charge in [-0.25, -0.2) is 0 Å². The first-order chi connectivity index (χ1) is 15.0. The molecule has 0 aliphatic carbocycles. The molecule has 2 aromatic rings. The first-order valence-electron chi connectivity index (χ1n) is 10.9. The lowest BCUT2D eigenvalue weighted by atomic mass is 10.0. The summed E-state index contributed by atoms with van der Waals surface area (Å²) in [6, 6.07) is 18.1. The highest BCUT2D eigenvalue weighted by Crippen LogP contribution is 2.20. The molecule has 0 saturated carbocycles. The van der Waals surface area contributed by atoms with Gasteiger partial charge in [-0.1, -0.05) is 61.5 Å². The van der Waals surface area contributed by atoms with Crippen LogP contribution in [0.15, 0.2) is 59.8 Å². The highest BCUT2D eigenvalue weighted by atomic mass is 16.6. The van der Waals surface area contributed by atoms with Gasteiger partial charge in [-0.05, 0) is 29.2 Å². The summed E-state index contributed by atoms with van der Waals surface area (Å²) in [6.07, 6.45) is 0.128. The van der Waals surface area contributed by atoms with E-state index in [1.165, 1.54) is 0 Å². The van der Waals surface area contributed by atoms with Crippen molar-refractivity contribution in [3.05, 3.63) is 65.7 Å². The van der Waals surface area contributed by atoms with E-state index in [0.717, 1.165) is 29.0 Å². The average molecular weight is 427 g/mol. The van der Waals surface area contributed by atoms with Crippen LogP contribution in [-0.4, -0.2) is 61.3 Å². The predicted octanol–water partition coefficient (Wildman–Crippen LogP) is 3.72.